The smallest absolute Gasteiger partial charge is 0.246 e. The van der Waals surface area contributed by atoms with Gasteiger partial charge in [0.15, 0.2) is 0 Å². The zero-order chi connectivity index (χ0) is 11.3. The molecule has 1 amide bonds. The SMILES string of the molecule is CC(C)(C)OCC(=O)NCc1cscn1. The Kier molecular flexibility index (Phi) is 4.23. The van der Waals surface area contributed by atoms with Crippen molar-refractivity contribution in [2.45, 2.75) is 32.9 Å². The van der Waals surface area contributed by atoms with E-state index in [-0.39, 0.29) is 18.1 Å². The topological polar surface area (TPSA) is 51.2 Å². The Bertz CT molecular complexity index is 304. The van der Waals surface area contributed by atoms with Crippen molar-refractivity contribution < 1.29 is 9.53 Å². The van der Waals surface area contributed by atoms with Crippen molar-refractivity contribution in [2.75, 3.05) is 6.61 Å². The predicted molar refractivity (Wildman–Crippen MR) is 59.7 cm³/mol. The third-order valence-corrected chi connectivity index (χ3v) is 2.22. The number of thiazole rings is 1. The number of hydrogen-bond donors (Lipinski definition) is 1. The van der Waals surface area contributed by atoms with Gasteiger partial charge in [-0.15, -0.1) is 11.3 Å². The molecule has 0 spiro atoms. The number of amides is 1. The molecule has 0 aliphatic heterocycles. The number of ether oxygens (including phenoxy) is 1. The summed E-state index contributed by atoms with van der Waals surface area (Å²) in [6, 6.07) is 0. The lowest BCUT2D eigenvalue weighted by molar-refractivity contribution is -0.130. The molecule has 1 rings (SSSR count). The molecule has 0 saturated heterocycles. The molecule has 0 aromatic carbocycles. The molecule has 0 atom stereocenters. The van der Waals surface area contributed by atoms with E-state index in [9.17, 15) is 4.79 Å². The molecule has 1 aromatic heterocycles. The van der Waals surface area contributed by atoms with Crippen LogP contribution < -0.4 is 5.32 Å². The first-order chi connectivity index (χ1) is 6.97. The van der Waals surface area contributed by atoms with Crippen molar-refractivity contribution in [1.29, 1.82) is 0 Å². The van der Waals surface area contributed by atoms with Gasteiger partial charge in [0.25, 0.3) is 0 Å². The van der Waals surface area contributed by atoms with Gasteiger partial charge in [-0.05, 0) is 20.8 Å². The number of nitrogens with zero attached hydrogens (tertiary/aromatic N) is 1. The maximum atomic E-state index is 11.3. The highest BCUT2D eigenvalue weighted by Gasteiger charge is 2.12. The van der Waals surface area contributed by atoms with Gasteiger partial charge in [0.05, 0.1) is 23.4 Å². The Morgan fingerprint density at radius 3 is 2.87 bits per heavy atom. The molecule has 5 heteroatoms. The standard InChI is InChI=1S/C10H16N2O2S/c1-10(2,3)14-5-9(13)11-4-8-6-15-7-12-8/h6-7H,4-5H2,1-3H3,(H,11,13). The van der Waals surface area contributed by atoms with E-state index >= 15 is 0 Å². The van der Waals surface area contributed by atoms with Crippen molar-refractivity contribution in [2.24, 2.45) is 0 Å². The molecule has 15 heavy (non-hydrogen) atoms. The van der Waals surface area contributed by atoms with Crippen molar-refractivity contribution in [3.05, 3.63) is 16.6 Å². The molecule has 1 heterocycles. The van der Waals surface area contributed by atoms with Crippen LogP contribution in [0.1, 0.15) is 26.5 Å². The first-order valence-electron chi connectivity index (χ1n) is 4.75. The molecule has 0 unspecified atom stereocenters. The monoisotopic (exact) mass is 228 g/mol. The summed E-state index contributed by atoms with van der Waals surface area (Å²) in [5.41, 5.74) is 2.34. The Labute approximate surface area is 93.7 Å². The highest BCUT2D eigenvalue weighted by molar-refractivity contribution is 7.07. The average molecular weight is 228 g/mol. The maximum Gasteiger partial charge on any atom is 0.246 e. The van der Waals surface area contributed by atoms with E-state index in [4.69, 9.17) is 4.74 Å². The lowest BCUT2D eigenvalue weighted by Gasteiger charge is -2.18. The van der Waals surface area contributed by atoms with Gasteiger partial charge in [-0.1, -0.05) is 0 Å². The summed E-state index contributed by atoms with van der Waals surface area (Å²) < 4.78 is 5.33. The average Bonchev–Trinajstić information content (AvgIpc) is 2.62. The fourth-order valence-electron chi connectivity index (χ4n) is 0.847. The Balaban J connectivity index is 2.20. The lowest BCUT2D eigenvalue weighted by Crippen LogP contribution is -2.31. The minimum Gasteiger partial charge on any atom is -0.366 e. The second-order valence-electron chi connectivity index (χ2n) is 4.16. The molecule has 84 valence electrons. The minimum absolute atomic E-state index is 0.0909. The van der Waals surface area contributed by atoms with Crippen molar-refractivity contribution in [3.63, 3.8) is 0 Å². The van der Waals surface area contributed by atoms with Crippen LogP contribution in [0.25, 0.3) is 0 Å². The molecule has 0 aliphatic carbocycles. The number of rotatable bonds is 4. The largest absolute Gasteiger partial charge is 0.366 e. The van der Waals surface area contributed by atoms with Crippen LogP contribution in [0.5, 0.6) is 0 Å². The van der Waals surface area contributed by atoms with Crippen LogP contribution in [0.3, 0.4) is 0 Å². The fourth-order valence-corrected chi connectivity index (χ4v) is 1.41. The highest BCUT2D eigenvalue weighted by Crippen LogP contribution is 2.05. The van der Waals surface area contributed by atoms with Gasteiger partial charge < -0.3 is 10.1 Å². The highest BCUT2D eigenvalue weighted by atomic mass is 32.1. The third-order valence-electron chi connectivity index (χ3n) is 1.59. The second kappa shape index (κ2) is 5.23. The van der Waals surface area contributed by atoms with E-state index in [0.717, 1.165) is 5.69 Å². The van der Waals surface area contributed by atoms with Gasteiger partial charge in [-0.3, -0.25) is 4.79 Å². The van der Waals surface area contributed by atoms with Crippen LogP contribution in [0.15, 0.2) is 10.9 Å². The van der Waals surface area contributed by atoms with E-state index in [0.29, 0.717) is 6.54 Å². The van der Waals surface area contributed by atoms with Crippen LogP contribution in [-0.4, -0.2) is 23.1 Å². The summed E-state index contributed by atoms with van der Waals surface area (Å²) in [7, 11) is 0. The second-order valence-corrected chi connectivity index (χ2v) is 4.88. The summed E-state index contributed by atoms with van der Waals surface area (Å²) in [5, 5.41) is 4.65. The normalized spacial score (nSPS) is 11.4. The summed E-state index contributed by atoms with van der Waals surface area (Å²) in [6.45, 7) is 6.31. The zero-order valence-electron chi connectivity index (χ0n) is 9.24. The fraction of sp³-hybridized carbons (Fsp3) is 0.600. The van der Waals surface area contributed by atoms with Gasteiger partial charge >= 0.3 is 0 Å². The number of carbonyl (C=O) groups excluding carboxylic acids is 1. The van der Waals surface area contributed by atoms with E-state index in [1.807, 2.05) is 26.2 Å². The zero-order valence-corrected chi connectivity index (χ0v) is 10.1. The van der Waals surface area contributed by atoms with Crippen LogP contribution in [0, 0.1) is 0 Å². The van der Waals surface area contributed by atoms with Gasteiger partial charge in [0, 0.05) is 5.38 Å². The quantitative estimate of drug-likeness (QED) is 0.851. The number of aromatic nitrogens is 1. The van der Waals surface area contributed by atoms with E-state index < -0.39 is 0 Å². The molecule has 0 fully saturated rings. The molecule has 1 N–H and O–H groups in total. The predicted octanol–water partition coefficient (Wildman–Crippen LogP) is 1.57. The van der Waals surface area contributed by atoms with Crippen molar-refractivity contribution in [1.82, 2.24) is 10.3 Å². The molecule has 0 saturated carbocycles. The molecule has 0 bridgehead atoms. The molecule has 4 nitrogen and oxygen atoms in total. The summed E-state index contributed by atoms with van der Waals surface area (Å²) in [5.74, 6) is -0.113. The summed E-state index contributed by atoms with van der Waals surface area (Å²) in [4.78, 5) is 15.4. The van der Waals surface area contributed by atoms with Crippen molar-refractivity contribution in [3.8, 4) is 0 Å². The van der Waals surface area contributed by atoms with Crippen molar-refractivity contribution >= 4 is 17.2 Å². The summed E-state index contributed by atoms with van der Waals surface area (Å²) >= 11 is 1.52. The molecule has 1 aromatic rings. The maximum absolute atomic E-state index is 11.3. The first kappa shape index (κ1) is 12.1. The molecule has 0 aliphatic rings. The van der Waals surface area contributed by atoms with Gasteiger partial charge in [-0.2, -0.15) is 0 Å². The van der Waals surface area contributed by atoms with Crippen LogP contribution in [-0.2, 0) is 16.1 Å². The van der Waals surface area contributed by atoms with Crippen LogP contribution in [0.2, 0.25) is 0 Å². The number of nitrogens with one attached hydrogen (secondary N) is 1. The van der Waals surface area contributed by atoms with E-state index in [2.05, 4.69) is 10.3 Å². The Hall–Kier alpha value is -0.940. The van der Waals surface area contributed by atoms with Gasteiger partial charge in [-0.25, -0.2) is 4.98 Å². The van der Waals surface area contributed by atoms with Gasteiger partial charge in [0.1, 0.15) is 6.61 Å². The first-order valence-corrected chi connectivity index (χ1v) is 5.69. The minimum atomic E-state index is -0.280. The number of carbonyl (C=O) groups is 1. The van der Waals surface area contributed by atoms with Crippen LogP contribution >= 0.6 is 11.3 Å². The molecule has 0 radical (unpaired) electrons. The summed E-state index contributed by atoms with van der Waals surface area (Å²) in [6.07, 6.45) is 0. The Morgan fingerprint density at radius 1 is 1.60 bits per heavy atom. The molecular weight excluding hydrogens is 212 g/mol. The lowest BCUT2D eigenvalue weighted by atomic mass is 10.2. The van der Waals surface area contributed by atoms with E-state index in [1.54, 1.807) is 5.51 Å². The van der Waals surface area contributed by atoms with Gasteiger partial charge in [0.2, 0.25) is 5.91 Å². The van der Waals surface area contributed by atoms with Crippen LogP contribution in [0.4, 0.5) is 0 Å². The Morgan fingerprint density at radius 2 is 2.33 bits per heavy atom. The number of hydrogen-bond acceptors (Lipinski definition) is 4. The molecular formula is C10H16N2O2S. The third kappa shape index (κ3) is 5.49. The van der Waals surface area contributed by atoms with E-state index in [1.165, 1.54) is 11.3 Å².